The first-order chi connectivity index (χ1) is 9.78. The minimum absolute atomic E-state index is 0.0775. The molecule has 20 heavy (non-hydrogen) atoms. The first-order valence-corrected chi connectivity index (χ1v) is 7.19. The van der Waals surface area contributed by atoms with Crippen molar-refractivity contribution in [2.45, 2.75) is 31.4 Å². The summed E-state index contributed by atoms with van der Waals surface area (Å²) in [5.41, 5.74) is 0. The molecule has 2 aliphatic rings. The predicted octanol–water partition coefficient (Wildman–Crippen LogP) is 0.130. The highest BCUT2D eigenvalue weighted by Gasteiger charge is 2.37. The van der Waals surface area contributed by atoms with Gasteiger partial charge in [0.15, 0.2) is 0 Å². The van der Waals surface area contributed by atoms with Crippen molar-refractivity contribution in [2.24, 2.45) is 0 Å². The smallest absolute Gasteiger partial charge is 0.291 e. The van der Waals surface area contributed by atoms with Crippen LogP contribution in [0.15, 0.2) is 6.33 Å². The van der Waals surface area contributed by atoms with E-state index in [1.54, 1.807) is 7.11 Å². The van der Waals surface area contributed by atoms with E-state index in [9.17, 15) is 4.79 Å². The van der Waals surface area contributed by atoms with Gasteiger partial charge < -0.3 is 14.5 Å². The highest BCUT2D eigenvalue weighted by atomic mass is 16.5. The zero-order valence-electron chi connectivity index (χ0n) is 11.8. The second-order valence-electron chi connectivity index (χ2n) is 5.55. The van der Waals surface area contributed by atoms with Crippen molar-refractivity contribution in [3.63, 3.8) is 0 Å². The van der Waals surface area contributed by atoms with Crippen molar-refractivity contribution in [1.29, 1.82) is 0 Å². The van der Waals surface area contributed by atoms with E-state index in [0.29, 0.717) is 12.4 Å². The molecule has 1 N–H and O–H groups in total. The largest absolute Gasteiger partial charge is 0.380 e. The molecular weight excluding hydrogens is 258 g/mol. The number of aromatic nitrogens is 3. The Hall–Kier alpha value is -1.47. The lowest BCUT2D eigenvalue weighted by Crippen LogP contribution is -2.43. The van der Waals surface area contributed by atoms with Crippen LogP contribution in [0.5, 0.6) is 0 Å². The molecule has 2 atom stereocenters. The van der Waals surface area contributed by atoms with Crippen LogP contribution in [0, 0.1) is 0 Å². The third-order valence-corrected chi connectivity index (χ3v) is 4.26. The van der Waals surface area contributed by atoms with Crippen LogP contribution < -0.4 is 0 Å². The van der Waals surface area contributed by atoms with Gasteiger partial charge in [-0.1, -0.05) is 0 Å². The normalized spacial score (nSPS) is 27.4. The Labute approximate surface area is 118 Å². The van der Waals surface area contributed by atoms with E-state index in [-0.39, 0.29) is 18.1 Å². The van der Waals surface area contributed by atoms with Gasteiger partial charge in [0.05, 0.1) is 6.10 Å². The summed E-state index contributed by atoms with van der Waals surface area (Å²) in [5.74, 6) is 0.236. The molecule has 0 radical (unpaired) electrons. The summed E-state index contributed by atoms with van der Waals surface area (Å²) in [5, 5.41) is 6.41. The molecule has 1 aromatic heterocycles. The van der Waals surface area contributed by atoms with Crippen LogP contribution in [-0.4, -0.2) is 76.3 Å². The Morgan fingerprint density at radius 3 is 2.95 bits per heavy atom. The molecule has 3 rings (SSSR count). The summed E-state index contributed by atoms with van der Waals surface area (Å²) in [7, 11) is 1.71. The van der Waals surface area contributed by atoms with E-state index < -0.39 is 0 Å². The number of carbonyl (C=O) groups is 1. The van der Waals surface area contributed by atoms with Gasteiger partial charge in [-0.3, -0.25) is 9.89 Å². The lowest BCUT2D eigenvalue weighted by atomic mass is 10.2. The number of hydrogen-bond acceptors (Lipinski definition) is 5. The number of hydrogen-bond donors (Lipinski definition) is 1. The maximum atomic E-state index is 12.5. The topological polar surface area (TPSA) is 74.3 Å². The van der Waals surface area contributed by atoms with Crippen LogP contribution in [0.25, 0.3) is 0 Å². The zero-order chi connectivity index (χ0) is 13.9. The molecule has 2 aliphatic heterocycles. The first-order valence-electron chi connectivity index (χ1n) is 7.19. The Morgan fingerprint density at radius 1 is 1.50 bits per heavy atom. The molecule has 0 aromatic carbocycles. The fourth-order valence-electron chi connectivity index (χ4n) is 3.17. The van der Waals surface area contributed by atoms with Gasteiger partial charge in [0.25, 0.3) is 5.91 Å². The fourth-order valence-corrected chi connectivity index (χ4v) is 3.17. The van der Waals surface area contributed by atoms with E-state index in [4.69, 9.17) is 4.74 Å². The van der Waals surface area contributed by atoms with Gasteiger partial charge in [-0.15, -0.1) is 0 Å². The highest BCUT2D eigenvalue weighted by Crippen LogP contribution is 2.23. The van der Waals surface area contributed by atoms with Crippen LogP contribution in [0.3, 0.4) is 0 Å². The van der Waals surface area contributed by atoms with Crippen LogP contribution >= 0.6 is 0 Å². The molecule has 0 aliphatic carbocycles. The second-order valence-corrected chi connectivity index (χ2v) is 5.55. The molecule has 3 heterocycles. The average Bonchev–Trinajstić information content (AvgIpc) is 3.20. The Balaban J connectivity index is 1.70. The molecule has 0 bridgehead atoms. The molecule has 1 amide bonds. The highest BCUT2D eigenvalue weighted by molar-refractivity contribution is 5.90. The van der Waals surface area contributed by atoms with Crippen molar-refractivity contribution in [1.82, 2.24) is 25.0 Å². The molecule has 1 aromatic rings. The average molecular weight is 279 g/mol. The minimum atomic E-state index is -0.0775. The predicted molar refractivity (Wildman–Crippen MR) is 72.3 cm³/mol. The first kappa shape index (κ1) is 13.5. The number of H-pyrrole nitrogens is 1. The van der Waals surface area contributed by atoms with Crippen molar-refractivity contribution in [3.05, 3.63) is 12.2 Å². The Bertz CT molecular complexity index is 444. The van der Waals surface area contributed by atoms with Crippen LogP contribution in [-0.2, 0) is 4.74 Å². The molecular formula is C13H21N5O2. The number of aromatic amines is 1. The quantitative estimate of drug-likeness (QED) is 0.848. The summed E-state index contributed by atoms with van der Waals surface area (Å²) < 4.78 is 5.44. The van der Waals surface area contributed by atoms with E-state index in [2.05, 4.69) is 20.1 Å². The summed E-state index contributed by atoms with van der Waals surface area (Å²) in [4.78, 5) is 20.8. The number of amides is 1. The van der Waals surface area contributed by atoms with E-state index in [1.807, 2.05) is 4.90 Å². The van der Waals surface area contributed by atoms with Gasteiger partial charge in [-0.2, -0.15) is 5.10 Å². The molecule has 110 valence electrons. The van der Waals surface area contributed by atoms with E-state index in [1.165, 1.54) is 19.2 Å². The van der Waals surface area contributed by atoms with Crippen molar-refractivity contribution in [3.8, 4) is 0 Å². The van der Waals surface area contributed by atoms with Crippen molar-refractivity contribution >= 4 is 5.91 Å². The zero-order valence-corrected chi connectivity index (χ0v) is 11.8. The summed E-state index contributed by atoms with van der Waals surface area (Å²) >= 11 is 0. The Morgan fingerprint density at radius 2 is 2.30 bits per heavy atom. The summed E-state index contributed by atoms with van der Waals surface area (Å²) in [6, 6.07) is 0.204. The number of methoxy groups -OCH3 is 1. The number of rotatable bonds is 4. The van der Waals surface area contributed by atoms with Crippen LogP contribution in [0.1, 0.15) is 29.9 Å². The van der Waals surface area contributed by atoms with Gasteiger partial charge in [-0.05, 0) is 32.4 Å². The van der Waals surface area contributed by atoms with E-state index >= 15 is 0 Å². The minimum Gasteiger partial charge on any atom is -0.380 e. The van der Waals surface area contributed by atoms with Crippen LogP contribution in [0.2, 0.25) is 0 Å². The fraction of sp³-hybridized carbons (Fsp3) is 0.769. The molecule has 2 fully saturated rings. The number of nitrogens with zero attached hydrogens (tertiary/aromatic N) is 4. The van der Waals surface area contributed by atoms with Gasteiger partial charge >= 0.3 is 0 Å². The van der Waals surface area contributed by atoms with Gasteiger partial charge in [0, 0.05) is 26.2 Å². The molecule has 7 heteroatoms. The molecule has 0 unspecified atom stereocenters. The molecule has 7 nitrogen and oxygen atoms in total. The lowest BCUT2D eigenvalue weighted by Gasteiger charge is -2.27. The van der Waals surface area contributed by atoms with Crippen LogP contribution in [0.4, 0.5) is 0 Å². The second kappa shape index (κ2) is 5.88. The summed E-state index contributed by atoms with van der Waals surface area (Å²) in [6.07, 6.45) is 4.90. The third kappa shape index (κ3) is 2.69. The Kier molecular flexibility index (Phi) is 3.98. The van der Waals surface area contributed by atoms with Crippen molar-refractivity contribution < 1.29 is 9.53 Å². The van der Waals surface area contributed by atoms with Gasteiger partial charge in [0.2, 0.25) is 5.82 Å². The maximum absolute atomic E-state index is 12.5. The maximum Gasteiger partial charge on any atom is 0.291 e. The van der Waals surface area contributed by atoms with Gasteiger partial charge in [-0.25, -0.2) is 4.98 Å². The number of ether oxygens (including phenoxy) is 1. The SMILES string of the molecule is CO[C@H]1C[C@@H](CN2CCCC2)N(C(=O)c2ncn[nH]2)C1. The number of likely N-dealkylation sites (tertiary alicyclic amines) is 2. The monoisotopic (exact) mass is 279 g/mol. The molecule has 0 saturated carbocycles. The number of carbonyl (C=O) groups excluding carboxylic acids is 1. The standard InChI is InChI=1S/C13H21N5O2/c1-20-11-6-10(7-17-4-2-3-5-17)18(8-11)13(19)12-14-9-15-16-12/h9-11H,2-8H2,1H3,(H,14,15,16)/t10-,11-/m0/s1. The van der Waals surface area contributed by atoms with Crippen molar-refractivity contribution in [2.75, 3.05) is 33.3 Å². The molecule has 2 saturated heterocycles. The summed E-state index contributed by atoms with van der Waals surface area (Å²) in [6.45, 7) is 3.84. The van der Waals surface area contributed by atoms with Gasteiger partial charge in [0.1, 0.15) is 6.33 Å². The van der Waals surface area contributed by atoms with E-state index in [0.717, 1.165) is 26.1 Å². The third-order valence-electron chi connectivity index (χ3n) is 4.26. The lowest BCUT2D eigenvalue weighted by molar-refractivity contribution is 0.0659. The molecule has 0 spiro atoms. The number of nitrogens with one attached hydrogen (secondary N) is 1.